The van der Waals surface area contributed by atoms with Crippen LogP contribution in [0.4, 0.5) is 0 Å². The van der Waals surface area contributed by atoms with Gasteiger partial charge in [-0.3, -0.25) is 0 Å². The summed E-state index contributed by atoms with van der Waals surface area (Å²) in [4.78, 5) is 8.66. The van der Waals surface area contributed by atoms with Crippen molar-refractivity contribution >= 4 is 27.2 Å². The first-order valence-electron chi connectivity index (χ1n) is 5.87. The van der Waals surface area contributed by atoms with Gasteiger partial charge in [-0.25, -0.2) is 4.98 Å². The molecule has 0 unspecified atom stereocenters. The first-order chi connectivity index (χ1) is 9.72. The minimum absolute atomic E-state index is 0.417. The van der Waals surface area contributed by atoms with Crippen LogP contribution in [0.1, 0.15) is 0 Å². The van der Waals surface area contributed by atoms with E-state index >= 15 is 0 Å². The molecule has 20 heavy (non-hydrogen) atoms. The molecule has 0 amide bonds. The summed E-state index contributed by atoms with van der Waals surface area (Å²) in [7, 11) is 3.19. The molecule has 0 atom stereocenters. The predicted molar refractivity (Wildman–Crippen MR) is 78.0 cm³/mol. The number of oxazole rings is 1. The zero-order chi connectivity index (χ0) is 14.1. The standard InChI is InChI=1S/C14H11BrN2O3/c1-18-8-4-3-5-9(19-2)12(8)14-17-13-10(20-14)6-7-11(15)16-13/h3-7H,1-2H3. The number of rotatable bonds is 3. The summed E-state index contributed by atoms with van der Waals surface area (Å²) in [6, 6.07) is 9.12. The van der Waals surface area contributed by atoms with Crippen molar-refractivity contribution in [1.29, 1.82) is 0 Å². The molecule has 0 aliphatic carbocycles. The number of methoxy groups -OCH3 is 2. The second-order valence-electron chi connectivity index (χ2n) is 4.01. The Morgan fingerprint density at radius 3 is 2.35 bits per heavy atom. The highest BCUT2D eigenvalue weighted by molar-refractivity contribution is 9.10. The van der Waals surface area contributed by atoms with Crippen LogP contribution in [0.2, 0.25) is 0 Å². The van der Waals surface area contributed by atoms with Crippen molar-refractivity contribution in [3.8, 4) is 23.0 Å². The van der Waals surface area contributed by atoms with Crippen LogP contribution in [0.15, 0.2) is 39.4 Å². The predicted octanol–water partition coefficient (Wildman–Crippen LogP) is 3.67. The summed E-state index contributed by atoms with van der Waals surface area (Å²) in [6.45, 7) is 0. The van der Waals surface area contributed by atoms with Crippen LogP contribution in [-0.2, 0) is 0 Å². The van der Waals surface area contributed by atoms with E-state index in [-0.39, 0.29) is 0 Å². The molecule has 0 saturated carbocycles. The lowest BCUT2D eigenvalue weighted by Gasteiger charge is -2.09. The molecule has 0 spiro atoms. The average Bonchev–Trinajstić information content (AvgIpc) is 2.88. The largest absolute Gasteiger partial charge is 0.496 e. The van der Waals surface area contributed by atoms with Crippen molar-refractivity contribution in [2.45, 2.75) is 0 Å². The summed E-state index contributed by atoms with van der Waals surface area (Å²) in [5.74, 6) is 1.69. The highest BCUT2D eigenvalue weighted by Crippen LogP contribution is 2.38. The molecule has 2 heterocycles. The molecule has 6 heteroatoms. The van der Waals surface area contributed by atoms with Crippen molar-refractivity contribution in [2.24, 2.45) is 0 Å². The average molecular weight is 335 g/mol. The molecule has 0 aliphatic heterocycles. The molecule has 102 valence electrons. The van der Waals surface area contributed by atoms with Crippen LogP contribution in [0.5, 0.6) is 11.5 Å². The molecular formula is C14H11BrN2O3. The smallest absolute Gasteiger partial charge is 0.236 e. The van der Waals surface area contributed by atoms with E-state index in [1.54, 1.807) is 20.3 Å². The van der Waals surface area contributed by atoms with Crippen molar-refractivity contribution in [2.75, 3.05) is 14.2 Å². The van der Waals surface area contributed by atoms with Gasteiger partial charge in [-0.2, -0.15) is 4.98 Å². The maximum absolute atomic E-state index is 5.74. The second-order valence-corrected chi connectivity index (χ2v) is 4.82. The van der Waals surface area contributed by atoms with Gasteiger partial charge in [-0.15, -0.1) is 0 Å². The van der Waals surface area contributed by atoms with E-state index in [0.29, 0.717) is 38.8 Å². The Hall–Kier alpha value is -2.08. The van der Waals surface area contributed by atoms with Gasteiger partial charge in [0, 0.05) is 0 Å². The lowest BCUT2D eigenvalue weighted by molar-refractivity contribution is 0.394. The number of halogens is 1. The highest BCUT2D eigenvalue weighted by Gasteiger charge is 2.18. The van der Waals surface area contributed by atoms with E-state index in [0.717, 1.165) is 0 Å². The monoisotopic (exact) mass is 334 g/mol. The highest BCUT2D eigenvalue weighted by atomic mass is 79.9. The summed E-state index contributed by atoms with van der Waals surface area (Å²) in [5.41, 5.74) is 1.81. The van der Waals surface area contributed by atoms with Gasteiger partial charge in [0.15, 0.2) is 11.2 Å². The van der Waals surface area contributed by atoms with E-state index in [4.69, 9.17) is 13.9 Å². The minimum Gasteiger partial charge on any atom is -0.496 e. The van der Waals surface area contributed by atoms with E-state index in [9.17, 15) is 0 Å². The fraction of sp³-hybridized carbons (Fsp3) is 0.143. The fourth-order valence-corrected chi connectivity index (χ4v) is 2.26. The van der Waals surface area contributed by atoms with Gasteiger partial charge in [0.2, 0.25) is 5.89 Å². The molecule has 3 rings (SSSR count). The third-order valence-corrected chi connectivity index (χ3v) is 3.30. The van der Waals surface area contributed by atoms with Gasteiger partial charge in [-0.05, 0) is 40.2 Å². The molecule has 2 aromatic heterocycles. The van der Waals surface area contributed by atoms with Gasteiger partial charge < -0.3 is 13.9 Å². The normalized spacial score (nSPS) is 10.8. The Morgan fingerprint density at radius 2 is 1.70 bits per heavy atom. The van der Waals surface area contributed by atoms with Crippen LogP contribution < -0.4 is 9.47 Å². The lowest BCUT2D eigenvalue weighted by Crippen LogP contribution is -1.92. The number of pyridine rings is 1. The molecule has 0 fully saturated rings. The van der Waals surface area contributed by atoms with Crippen LogP contribution in [-0.4, -0.2) is 24.2 Å². The van der Waals surface area contributed by atoms with Crippen LogP contribution in [0, 0.1) is 0 Å². The Morgan fingerprint density at radius 1 is 1.00 bits per heavy atom. The molecule has 0 aliphatic rings. The lowest BCUT2D eigenvalue weighted by atomic mass is 10.1. The first-order valence-corrected chi connectivity index (χ1v) is 6.66. The van der Waals surface area contributed by atoms with Gasteiger partial charge in [-0.1, -0.05) is 6.07 Å². The third kappa shape index (κ3) is 2.12. The van der Waals surface area contributed by atoms with Gasteiger partial charge in [0.1, 0.15) is 21.7 Å². The van der Waals surface area contributed by atoms with Crippen molar-refractivity contribution in [3.05, 3.63) is 34.9 Å². The molecule has 0 bridgehead atoms. The number of hydrogen-bond donors (Lipinski definition) is 0. The number of nitrogens with zero attached hydrogens (tertiary/aromatic N) is 2. The molecule has 3 aromatic rings. The van der Waals surface area contributed by atoms with E-state index in [1.165, 1.54) is 0 Å². The zero-order valence-corrected chi connectivity index (χ0v) is 12.5. The Labute approximate surface area is 123 Å². The minimum atomic E-state index is 0.417. The van der Waals surface area contributed by atoms with E-state index < -0.39 is 0 Å². The SMILES string of the molecule is COc1cccc(OC)c1-c1nc2nc(Br)ccc2o1. The molecule has 0 N–H and O–H groups in total. The number of hydrogen-bond acceptors (Lipinski definition) is 5. The van der Waals surface area contributed by atoms with Crippen molar-refractivity contribution < 1.29 is 13.9 Å². The topological polar surface area (TPSA) is 57.4 Å². The van der Waals surface area contributed by atoms with Crippen LogP contribution in [0.3, 0.4) is 0 Å². The Bertz CT molecular complexity index is 748. The first kappa shape index (κ1) is 12.9. The molecular weight excluding hydrogens is 324 g/mol. The van der Waals surface area contributed by atoms with Crippen molar-refractivity contribution in [3.63, 3.8) is 0 Å². The van der Waals surface area contributed by atoms with Gasteiger partial charge in [0.05, 0.1) is 14.2 Å². The van der Waals surface area contributed by atoms with E-state index in [1.807, 2.05) is 24.3 Å². The Kier molecular flexibility index (Phi) is 3.31. The van der Waals surface area contributed by atoms with Gasteiger partial charge >= 0.3 is 0 Å². The molecule has 0 radical (unpaired) electrons. The maximum Gasteiger partial charge on any atom is 0.236 e. The van der Waals surface area contributed by atoms with Crippen molar-refractivity contribution in [1.82, 2.24) is 9.97 Å². The van der Waals surface area contributed by atoms with Crippen LogP contribution in [0.25, 0.3) is 22.7 Å². The third-order valence-electron chi connectivity index (χ3n) is 2.86. The fourth-order valence-electron chi connectivity index (χ4n) is 1.96. The summed E-state index contributed by atoms with van der Waals surface area (Å²) in [6.07, 6.45) is 0. The molecule has 5 nitrogen and oxygen atoms in total. The number of benzene rings is 1. The number of fused-ring (bicyclic) bond motifs is 1. The van der Waals surface area contributed by atoms with Gasteiger partial charge in [0.25, 0.3) is 0 Å². The number of ether oxygens (including phenoxy) is 2. The Balaban J connectivity index is 2.24. The zero-order valence-electron chi connectivity index (χ0n) is 10.9. The number of aromatic nitrogens is 2. The molecule has 1 aromatic carbocycles. The summed E-state index contributed by atoms with van der Waals surface area (Å²) >= 11 is 3.31. The van der Waals surface area contributed by atoms with Crippen LogP contribution >= 0.6 is 15.9 Å². The quantitative estimate of drug-likeness (QED) is 0.684. The maximum atomic E-state index is 5.74. The summed E-state index contributed by atoms with van der Waals surface area (Å²) < 4.78 is 17.1. The second kappa shape index (κ2) is 5.13. The summed E-state index contributed by atoms with van der Waals surface area (Å²) in [5, 5.41) is 0. The van der Waals surface area contributed by atoms with E-state index in [2.05, 4.69) is 25.9 Å². The molecule has 0 saturated heterocycles.